The standard InChI is InChI=1S/C22H26N2O6/c1-27-18-6-3-5-15(10-18)9-16-11-21(30-24-16)22(26)23-13-17(25)14-29-20-8-4-7-19(12-20)28-2/h3-8,10,12,17,21,25H,9,11,13-14H2,1-2H3,(H,23,26)/t17-,21+/m1/s1. The zero-order chi connectivity index (χ0) is 21.3. The minimum absolute atomic E-state index is 0.0383. The Hall–Kier alpha value is -3.26. The number of hydrogen-bond donors (Lipinski definition) is 2. The zero-order valence-electron chi connectivity index (χ0n) is 17.0. The number of rotatable bonds is 10. The van der Waals surface area contributed by atoms with Gasteiger partial charge in [-0.05, 0) is 29.8 Å². The van der Waals surface area contributed by atoms with E-state index in [1.807, 2.05) is 24.3 Å². The van der Waals surface area contributed by atoms with Crippen molar-refractivity contribution in [3.05, 3.63) is 54.1 Å². The van der Waals surface area contributed by atoms with E-state index in [4.69, 9.17) is 19.0 Å². The fourth-order valence-electron chi connectivity index (χ4n) is 2.96. The number of oxime groups is 1. The number of nitrogens with zero attached hydrogens (tertiary/aromatic N) is 1. The lowest BCUT2D eigenvalue weighted by molar-refractivity contribution is -0.131. The summed E-state index contributed by atoms with van der Waals surface area (Å²) >= 11 is 0. The van der Waals surface area contributed by atoms with Crippen LogP contribution in [-0.4, -0.2) is 56.3 Å². The molecule has 0 bridgehead atoms. The fraction of sp³-hybridized carbons (Fsp3) is 0.364. The molecule has 160 valence electrons. The molecule has 0 aliphatic carbocycles. The fourth-order valence-corrected chi connectivity index (χ4v) is 2.96. The molecule has 2 N–H and O–H groups in total. The van der Waals surface area contributed by atoms with Gasteiger partial charge in [0.2, 0.25) is 6.10 Å². The lowest BCUT2D eigenvalue weighted by Crippen LogP contribution is -2.40. The lowest BCUT2D eigenvalue weighted by atomic mass is 10.0. The second-order valence-electron chi connectivity index (χ2n) is 6.87. The topological polar surface area (TPSA) is 98.6 Å². The molecule has 0 spiro atoms. The van der Waals surface area contributed by atoms with Crippen LogP contribution < -0.4 is 19.5 Å². The van der Waals surface area contributed by atoms with E-state index < -0.39 is 12.2 Å². The maximum absolute atomic E-state index is 12.3. The normalized spacial score (nSPS) is 16.2. The Morgan fingerprint density at radius 2 is 1.87 bits per heavy atom. The molecule has 1 amide bonds. The Kier molecular flexibility index (Phi) is 7.51. The third kappa shape index (κ3) is 6.12. The molecule has 0 fully saturated rings. The average Bonchev–Trinajstić information content (AvgIpc) is 3.24. The lowest BCUT2D eigenvalue weighted by Gasteiger charge is -2.15. The van der Waals surface area contributed by atoms with Gasteiger partial charge < -0.3 is 29.5 Å². The van der Waals surface area contributed by atoms with Crippen molar-refractivity contribution in [2.45, 2.75) is 25.0 Å². The highest BCUT2D eigenvalue weighted by Gasteiger charge is 2.28. The number of benzene rings is 2. The van der Waals surface area contributed by atoms with E-state index in [9.17, 15) is 9.90 Å². The van der Waals surface area contributed by atoms with Crippen LogP contribution in [0.2, 0.25) is 0 Å². The Morgan fingerprint density at radius 3 is 2.63 bits per heavy atom. The summed E-state index contributed by atoms with van der Waals surface area (Å²) in [7, 11) is 3.19. The summed E-state index contributed by atoms with van der Waals surface area (Å²) < 4.78 is 15.9. The van der Waals surface area contributed by atoms with E-state index in [0.717, 1.165) is 17.0 Å². The van der Waals surface area contributed by atoms with Crippen LogP contribution >= 0.6 is 0 Å². The molecule has 2 aromatic rings. The maximum Gasteiger partial charge on any atom is 0.264 e. The SMILES string of the molecule is COc1cccc(CC2=NO[C@H](C(=O)NC[C@@H](O)COc3cccc(OC)c3)C2)c1. The predicted octanol–water partition coefficient (Wildman–Crippen LogP) is 1.95. The first kappa shape index (κ1) is 21.4. The van der Waals surface area contributed by atoms with Crippen LogP contribution in [0, 0.1) is 0 Å². The van der Waals surface area contributed by atoms with E-state index >= 15 is 0 Å². The van der Waals surface area contributed by atoms with Gasteiger partial charge in [-0.2, -0.15) is 0 Å². The van der Waals surface area contributed by atoms with Crippen molar-refractivity contribution in [1.82, 2.24) is 5.32 Å². The summed E-state index contributed by atoms with van der Waals surface area (Å²) in [6.45, 7) is 0.0877. The van der Waals surface area contributed by atoms with Gasteiger partial charge in [-0.15, -0.1) is 0 Å². The van der Waals surface area contributed by atoms with Gasteiger partial charge in [0, 0.05) is 25.5 Å². The van der Waals surface area contributed by atoms with Crippen molar-refractivity contribution in [1.29, 1.82) is 0 Å². The van der Waals surface area contributed by atoms with Gasteiger partial charge >= 0.3 is 0 Å². The minimum Gasteiger partial charge on any atom is -0.497 e. The van der Waals surface area contributed by atoms with E-state index in [1.165, 1.54) is 0 Å². The number of methoxy groups -OCH3 is 2. The van der Waals surface area contributed by atoms with Crippen molar-refractivity contribution in [3.8, 4) is 17.2 Å². The summed E-state index contributed by atoms with van der Waals surface area (Å²) in [5, 5.41) is 16.8. The third-order valence-corrected chi connectivity index (χ3v) is 4.56. The molecule has 1 heterocycles. The summed E-state index contributed by atoms with van der Waals surface area (Å²) in [5.74, 6) is 1.69. The summed E-state index contributed by atoms with van der Waals surface area (Å²) in [6.07, 6.45) is -0.576. The average molecular weight is 414 g/mol. The number of carbonyl (C=O) groups is 1. The molecule has 0 saturated carbocycles. The van der Waals surface area contributed by atoms with Gasteiger partial charge in [0.25, 0.3) is 5.91 Å². The first-order valence-electron chi connectivity index (χ1n) is 9.64. The van der Waals surface area contributed by atoms with Gasteiger partial charge in [0.05, 0.1) is 19.9 Å². The predicted molar refractivity (Wildman–Crippen MR) is 111 cm³/mol. The highest BCUT2D eigenvalue weighted by Crippen LogP contribution is 2.19. The van der Waals surface area contributed by atoms with Crippen molar-refractivity contribution in [2.75, 3.05) is 27.4 Å². The van der Waals surface area contributed by atoms with Gasteiger partial charge in [0.1, 0.15) is 30.0 Å². The van der Waals surface area contributed by atoms with Crippen LogP contribution in [0.4, 0.5) is 0 Å². The van der Waals surface area contributed by atoms with Crippen molar-refractivity contribution >= 4 is 11.6 Å². The van der Waals surface area contributed by atoms with E-state index in [-0.39, 0.29) is 19.1 Å². The number of carbonyl (C=O) groups excluding carboxylic acids is 1. The van der Waals surface area contributed by atoms with Crippen LogP contribution in [0.15, 0.2) is 53.7 Å². The number of aliphatic hydroxyl groups is 1. The van der Waals surface area contributed by atoms with E-state index in [0.29, 0.717) is 24.3 Å². The monoisotopic (exact) mass is 414 g/mol. The van der Waals surface area contributed by atoms with Crippen molar-refractivity contribution < 1.29 is 28.9 Å². The molecular weight excluding hydrogens is 388 g/mol. The second kappa shape index (κ2) is 10.5. The number of aliphatic hydroxyl groups excluding tert-OH is 1. The van der Waals surface area contributed by atoms with Gasteiger partial charge in [-0.1, -0.05) is 23.4 Å². The summed E-state index contributed by atoms with van der Waals surface area (Å²) in [4.78, 5) is 17.6. The first-order valence-corrected chi connectivity index (χ1v) is 9.64. The molecule has 8 heteroatoms. The van der Waals surface area contributed by atoms with Gasteiger partial charge in [-0.3, -0.25) is 4.79 Å². The van der Waals surface area contributed by atoms with Crippen molar-refractivity contribution in [2.24, 2.45) is 5.16 Å². The largest absolute Gasteiger partial charge is 0.497 e. The number of amides is 1. The Labute approximate surface area is 175 Å². The summed E-state index contributed by atoms with van der Waals surface area (Å²) in [5.41, 5.74) is 1.81. The maximum atomic E-state index is 12.3. The molecule has 1 aliphatic rings. The zero-order valence-corrected chi connectivity index (χ0v) is 17.0. The van der Waals surface area contributed by atoms with Gasteiger partial charge in [0.15, 0.2) is 0 Å². The molecule has 2 atom stereocenters. The quantitative estimate of drug-likeness (QED) is 0.617. The van der Waals surface area contributed by atoms with Crippen LogP contribution in [0.25, 0.3) is 0 Å². The van der Waals surface area contributed by atoms with Crippen LogP contribution in [0.1, 0.15) is 12.0 Å². The summed E-state index contributed by atoms with van der Waals surface area (Å²) in [6, 6.07) is 14.8. The van der Waals surface area contributed by atoms with E-state index in [2.05, 4.69) is 10.5 Å². The van der Waals surface area contributed by atoms with E-state index in [1.54, 1.807) is 38.5 Å². The minimum atomic E-state index is -0.862. The molecule has 0 radical (unpaired) electrons. The Bertz CT molecular complexity index is 885. The van der Waals surface area contributed by atoms with Crippen LogP contribution in [-0.2, 0) is 16.1 Å². The second-order valence-corrected chi connectivity index (χ2v) is 6.87. The smallest absolute Gasteiger partial charge is 0.264 e. The number of nitrogens with one attached hydrogen (secondary N) is 1. The third-order valence-electron chi connectivity index (χ3n) is 4.56. The van der Waals surface area contributed by atoms with Crippen molar-refractivity contribution in [3.63, 3.8) is 0 Å². The molecule has 8 nitrogen and oxygen atoms in total. The molecule has 3 rings (SSSR count). The molecule has 1 aliphatic heterocycles. The van der Waals surface area contributed by atoms with Crippen LogP contribution in [0.5, 0.6) is 17.2 Å². The highest BCUT2D eigenvalue weighted by molar-refractivity contribution is 5.94. The Balaban J connectivity index is 1.39. The molecule has 0 saturated heterocycles. The molecule has 30 heavy (non-hydrogen) atoms. The number of hydrogen-bond acceptors (Lipinski definition) is 7. The molecular formula is C22H26N2O6. The van der Waals surface area contributed by atoms with Crippen LogP contribution in [0.3, 0.4) is 0 Å². The van der Waals surface area contributed by atoms with Gasteiger partial charge in [-0.25, -0.2) is 0 Å². The molecule has 2 aromatic carbocycles. The molecule has 0 aromatic heterocycles. The first-order chi connectivity index (χ1) is 14.6. The molecule has 0 unspecified atom stereocenters. The Morgan fingerprint density at radius 1 is 1.17 bits per heavy atom. The number of ether oxygens (including phenoxy) is 3. The highest BCUT2D eigenvalue weighted by atomic mass is 16.6.